The van der Waals surface area contributed by atoms with Crippen molar-refractivity contribution in [3.05, 3.63) is 36.0 Å². The van der Waals surface area contributed by atoms with Crippen LogP contribution in [0.1, 0.15) is 143 Å². The van der Waals surface area contributed by atoms with E-state index in [1.165, 1.54) is 6.92 Å². The van der Waals surface area contributed by atoms with E-state index in [-0.39, 0.29) is 42.5 Å². The lowest BCUT2D eigenvalue weighted by molar-refractivity contribution is -0.158. The highest BCUT2D eigenvalue weighted by atomic mass is 28.4. The Bertz CT molecular complexity index is 1640. The molecule has 0 saturated carbocycles. The Morgan fingerprint density at radius 2 is 1.47 bits per heavy atom. The molecule has 2 fully saturated rings. The molecule has 3 rings (SSSR count). The molecule has 0 spiro atoms. The van der Waals surface area contributed by atoms with E-state index in [0.717, 1.165) is 72.8 Å². The number of amides is 1. The number of rotatable bonds is 25. The number of epoxide rings is 1. The molecule has 3 aliphatic rings. The van der Waals surface area contributed by atoms with Gasteiger partial charge < -0.3 is 42.4 Å². The standard InChI is InChI=1S/C53H98N2O10Si3/c1-17-45(64-67(21-5,22-6)23-7)42(13)50-46(60-50)39-52(15,65-68(24-8,25-9)26-10)32-27-28-40(11)49-41(12)29-30-47(59-43(14)56)53(16,62-51(58)55-36-34-54-35-37-55)33-31-44(38-48(57)61-49)63-66(18-2,19-3)20-4/h27-30,32,41-42,44-47,49-50,54H,17-26,31,33-39H2,1-16H3/b30-29?,32-27+,40-28+/t41?,42-,44?,45+,46-,47?,49?,50-,52?,53?/m1/s1. The molecular formula is C53H98N2O10Si3. The molecule has 0 aliphatic carbocycles. The minimum Gasteiger partial charge on any atom is -0.457 e. The van der Waals surface area contributed by atoms with Crippen LogP contribution in [0.15, 0.2) is 36.0 Å². The Balaban J connectivity index is 2.05. The van der Waals surface area contributed by atoms with E-state index in [4.69, 9.17) is 32.2 Å². The summed E-state index contributed by atoms with van der Waals surface area (Å²) in [5.74, 6) is -0.877. The molecule has 0 aromatic rings. The van der Waals surface area contributed by atoms with Crippen LogP contribution in [-0.2, 0) is 41.8 Å². The van der Waals surface area contributed by atoms with E-state index in [9.17, 15) is 14.4 Å². The van der Waals surface area contributed by atoms with Crippen molar-refractivity contribution in [1.82, 2.24) is 10.2 Å². The summed E-state index contributed by atoms with van der Waals surface area (Å²) in [4.78, 5) is 42.5. The third-order valence-corrected chi connectivity index (χ3v) is 30.5. The summed E-state index contributed by atoms with van der Waals surface area (Å²) in [6, 6.07) is 9.21. The van der Waals surface area contributed by atoms with Gasteiger partial charge in [0.25, 0.3) is 0 Å². The quantitative estimate of drug-likeness (QED) is 0.0234. The maximum Gasteiger partial charge on any atom is 0.410 e. The topological polar surface area (TPSA) is 134 Å². The number of carbonyl (C=O) groups excluding carboxylic acids is 3. The van der Waals surface area contributed by atoms with Crippen LogP contribution in [0.3, 0.4) is 0 Å². The molecule has 12 nitrogen and oxygen atoms in total. The van der Waals surface area contributed by atoms with Crippen molar-refractivity contribution in [2.75, 3.05) is 26.2 Å². The van der Waals surface area contributed by atoms with Crippen molar-refractivity contribution in [1.29, 1.82) is 0 Å². The average molecular weight is 1010 g/mol. The fraction of sp³-hybridized carbons (Fsp3) is 0.830. The zero-order valence-corrected chi connectivity index (χ0v) is 48.8. The summed E-state index contributed by atoms with van der Waals surface area (Å²) >= 11 is 0. The van der Waals surface area contributed by atoms with Gasteiger partial charge in [0.1, 0.15) is 6.10 Å². The van der Waals surface area contributed by atoms with E-state index >= 15 is 0 Å². The molecule has 1 N–H and O–H groups in total. The summed E-state index contributed by atoms with van der Waals surface area (Å²) in [7, 11) is -6.05. The van der Waals surface area contributed by atoms with Gasteiger partial charge in [-0.15, -0.1) is 0 Å². The summed E-state index contributed by atoms with van der Waals surface area (Å²) in [5, 5.41) is 3.29. The zero-order valence-electron chi connectivity index (χ0n) is 45.8. The van der Waals surface area contributed by atoms with Gasteiger partial charge in [-0.05, 0) is 106 Å². The molecule has 10 atom stereocenters. The maximum atomic E-state index is 14.2. The van der Waals surface area contributed by atoms with Gasteiger partial charge >= 0.3 is 18.0 Å². The second kappa shape index (κ2) is 27.6. The number of piperazine rings is 1. The lowest BCUT2D eigenvalue weighted by Crippen LogP contribution is -2.52. The number of cyclic esters (lactones) is 1. The molecule has 68 heavy (non-hydrogen) atoms. The first-order valence-corrected chi connectivity index (χ1v) is 34.6. The molecule has 0 aromatic carbocycles. The smallest absolute Gasteiger partial charge is 0.410 e. The van der Waals surface area contributed by atoms with Crippen LogP contribution in [0.5, 0.6) is 0 Å². The molecule has 2 saturated heterocycles. The van der Waals surface area contributed by atoms with Gasteiger partial charge in [-0.3, -0.25) is 9.59 Å². The first-order valence-electron chi connectivity index (χ1n) is 27.0. The molecule has 15 heteroatoms. The fourth-order valence-corrected chi connectivity index (χ4v) is 19.7. The molecule has 3 heterocycles. The number of nitrogens with zero attached hydrogens (tertiary/aromatic N) is 1. The number of hydrogen-bond donors (Lipinski definition) is 1. The summed E-state index contributed by atoms with van der Waals surface area (Å²) in [5.41, 5.74) is -0.971. The van der Waals surface area contributed by atoms with Crippen LogP contribution < -0.4 is 5.32 Å². The second-order valence-electron chi connectivity index (χ2n) is 20.8. The number of hydrogen-bond acceptors (Lipinski definition) is 11. The van der Waals surface area contributed by atoms with Gasteiger partial charge in [-0.2, -0.15) is 0 Å². The van der Waals surface area contributed by atoms with Crippen molar-refractivity contribution in [2.24, 2.45) is 11.8 Å². The number of nitrogens with one attached hydrogen (secondary N) is 1. The third-order valence-electron chi connectivity index (χ3n) is 16.3. The Morgan fingerprint density at radius 1 is 0.897 bits per heavy atom. The first-order chi connectivity index (χ1) is 32.2. The van der Waals surface area contributed by atoms with Gasteiger partial charge in [0.15, 0.2) is 36.7 Å². The highest BCUT2D eigenvalue weighted by Gasteiger charge is 2.51. The van der Waals surface area contributed by atoms with Crippen LogP contribution in [0.25, 0.3) is 0 Å². The third kappa shape index (κ3) is 16.7. The predicted molar refractivity (Wildman–Crippen MR) is 283 cm³/mol. The van der Waals surface area contributed by atoms with Crippen molar-refractivity contribution in [2.45, 2.75) is 245 Å². The van der Waals surface area contributed by atoms with Gasteiger partial charge in [0.2, 0.25) is 0 Å². The normalized spacial score (nSPS) is 27.7. The van der Waals surface area contributed by atoms with E-state index < -0.39 is 66.5 Å². The van der Waals surface area contributed by atoms with Gasteiger partial charge in [0, 0.05) is 57.5 Å². The molecule has 392 valence electrons. The molecule has 0 aromatic heterocycles. The largest absolute Gasteiger partial charge is 0.457 e. The van der Waals surface area contributed by atoms with Crippen LogP contribution in [0.2, 0.25) is 54.4 Å². The SMILES string of the molecule is CC[C@H](O[Si](CC)(CC)CC)[C@@H](C)[C@H]1O[C@@H]1CC(C)(/C=C/C=C(\C)C1OC(=O)CC(O[Si](CC)(CC)CC)CCC(C)(OC(=O)N2CCNCC2)C(OC(C)=O)C=CC1C)O[Si](CC)(CC)CC. The van der Waals surface area contributed by atoms with Crippen LogP contribution in [0.4, 0.5) is 4.79 Å². The number of carbonyl (C=O) groups is 3. The number of ether oxygens (including phenoxy) is 4. The molecule has 6 unspecified atom stereocenters. The van der Waals surface area contributed by atoms with Crippen LogP contribution in [0, 0.1) is 11.8 Å². The molecular weight excluding hydrogens is 909 g/mol. The Kier molecular flexibility index (Phi) is 24.5. The fourth-order valence-electron chi connectivity index (χ4n) is 10.7. The van der Waals surface area contributed by atoms with Crippen molar-refractivity contribution in [3.8, 4) is 0 Å². The first kappa shape index (κ1) is 60.2. The van der Waals surface area contributed by atoms with E-state index in [0.29, 0.717) is 39.0 Å². The van der Waals surface area contributed by atoms with E-state index in [2.05, 4.69) is 101 Å². The minimum absolute atomic E-state index is 0.0535. The predicted octanol–water partition coefficient (Wildman–Crippen LogP) is 12.3. The Morgan fingerprint density at radius 3 is 2.00 bits per heavy atom. The zero-order chi connectivity index (χ0) is 50.9. The lowest BCUT2D eigenvalue weighted by Gasteiger charge is -2.40. The average Bonchev–Trinajstić information content (AvgIpc) is 4.10. The molecule has 0 bridgehead atoms. The van der Waals surface area contributed by atoms with Crippen molar-refractivity contribution >= 4 is 43.0 Å². The van der Waals surface area contributed by atoms with Crippen molar-refractivity contribution in [3.63, 3.8) is 0 Å². The Labute approximate surface area is 417 Å². The molecule has 1 amide bonds. The van der Waals surface area contributed by atoms with E-state index in [1.54, 1.807) is 4.90 Å². The highest BCUT2D eigenvalue weighted by molar-refractivity contribution is 6.74. The molecule has 3 aliphatic heterocycles. The maximum absolute atomic E-state index is 14.2. The Hall–Kier alpha value is -2.12. The number of esters is 2. The van der Waals surface area contributed by atoms with Gasteiger partial charge in [-0.25, -0.2) is 4.79 Å². The minimum atomic E-state index is -2.20. The summed E-state index contributed by atoms with van der Waals surface area (Å²) in [6.07, 6.45) is 10.4. The lowest BCUT2D eigenvalue weighted by atomic mass is 9.88. The van der Waals surface area contributed by atoms with Crippen molar-refractivity contribution < 1.29 is 46.6 Å². The number of allylic oxidation sites excluding steroid dienone is 2. The summed E-state index contributed by atoms with van der Waals surface area (Å²) in [6.45, 7) is 36.5. The summed E-state index contributed by atoms with van der Waals surface area (Å²) < 4.78 is 46.9. The second-order valence-corrected chi connectivity index (χ2v) is 34.9. The highest BCUT2D eigenvalue weighted by Crippen LogP contribution is 2.43. The van der Waals surface area contributed by atoms with E-state index in [1.807, 2.05) is 39.0 Å². The van der Waals surface area contributed by atoms with Gasteiger partial charge in [0.05, 0.1) is 30.3 Å². The monoisotopic (exact) mass is 1010 g/mol. The molecule has 0 radical (unpaired) electrons. The van der Waals surface area contributed by atoms with Crippen LogP contribution >= 0.6 is 0 Å². The van der Waals surface area contributed by atoms with Gasteiger partial charge in [-0.1, -0.05) is 107 Å². The van der Waals surface area contributed by atoms with Crippen LogP contribution in [-0.4, -0.2) is 122 Å².